The molecular formula is C16H12IN3O. The normalized spacial score (nSPS) is 10.3. The number of imidazole rings is 1. The van der Waals surface area contributed by atoms with Crippen molar-refractivity contribution in [2.45, 2.75) is 0 Å². The van der Waals surface area contributed by atoms with Gasteiger partial charge in [-0.2, -0.15) is 0 Å². The van der Waals surface area contributed by atoms with Crippen molar-refractivity contribution in [3.8, 4) is 5.69 Å². The average Bonchev–Trinajstić information content (AvgIpc) is 3.02. The number of carbonyl (C=O) groups is 1. The zero-order chi connectivity index (χ0) is 14.7. The standard InChI is InChI=1S/C16H12IN3O/c17-13-3-1-2-12(10-13)16(21)19-14-4-6-15(7-5-14)20-9-8-18-11-20/h1-11H,(H,19,21). The molecule has 5 heteroatoms. The monoisotopic (exact) mass is 389 g/mol. The first kappa shape index (κ1) is 13.8. The molecule has 1 amide bonds. The molecular weight excluding hydrogens is 377 g/mol. The van der Waals surface area contributed by atoms with E-state index in [0.717, 1.165) is 14.9 Å². The van der Waals surface area contributed by atoms with Crippen LogP contribution in [0.4, 0.5) is 5.69 Å². The number of anilines is 1. The van der Waals surface area contributed by atoms with E-state index in [0.29, 0.717) is 5.56 Å². The second-order valence-corrected chi connectivity index (χ2v) is 5.73. The van der Waals surface area contributed by atoms with Crippen LogP contribution in [0.3, 0.4) is 0 Å². The summed E-state index contributed by atoms with van der Waals surface area (Å²) in [6.07, 6.45) is 5.34. The van der Waals surface area contributed by atoms with Gasteiger partial charge in [0.05, 0.1) is 6.33 Å². The van der Waals surface area contributed by atoms with Gasteiger partial charge in [0.15, 0.2) is 0 Å². The van der Waals surface area contributed by atoms with Crippen LogP contribution in [0.5, 0.6) is 0 Å². The highest BCUT2D eigenvalue weighted by molar-refractivity contribution is 14.1. The van der Waals surface area contributed by atoms with E-state index >= 15 is 0 Å². The van der Waals surface area contributed by atoms with E-state index in [9.17, 15) is 4.79 Å². The van der Waals surface area contributed by atoms with E-state index < -0.39 is 0 Å². The Labute approximate surface area is 136 Å². The fourth-order valence-corrected chi connectivity index (χ4v) is 2.50. The highest BCUT2D eigenvalue weighted by Gasteiger charge is 2.06. The average molecular weight is 389 g/mol. The molecule has 0 aliphatic rings. The molecule has 21 heavy (non-hydrogen) atoms. The molecule has 1 heterocycles. The summed E-state index contributed by atoms with van der Waals surface area (Å²) in [6, 6.07) is 15.1. The van der Waals surface area contributed by atoms with Gasteiger partial charge in [-0.15, -0.1) is 0 Å². The van der Waals surface area contributed by atoms with Crippen molar-refractivity contribution < 1.29 is 4.79 Å². The SMILES string of the molecule is O=C(Nc1ccc(-n2ccnc2)cc1)c1cccc(I)c1. The number of rotatable bonds is 3. The van der Waals surface area contributed by atoms with Crippen LogP contribution in [0, 0.1) is 3.57 Å². The first-order valence-electron chi connectivity index (χ1n) is 6.38. The Morgan fingerprint density at radius 2 is 1.95 bits per heavy atom. The van der Waals surface area contributed by atoms with Crippen LogP contribution in [0.2, 0.25) is 0 Å². The number of amides is 1. The molecule has 104 valence electrons. The smallest absolute Gasteiger partial charge is 0.255 e. The maximum absolute atomic E-state index is 12.2. The summed E-state index contributed by atoms with van der Waals surface area (Å²) in [5, 5.41) is 2.89. The molecule has 0 radical (unpaired) electrons. The largest absolute Gasteiger partial charge is 0.322 e. The maximum atomic E-state index is 12.2. The van der Waals surface area contributed by atoms with E-state index in [1.54, 1.807) is 18.6 Å². The summed E-state index contributed by atoms with van der Waals surface area (Å²) in [6.45, 7) is 0. The lowest BCUT2D eigenvalue weighted by atomic mass is 10.2. The topological polar surface area (TPSA) is 46.9 Å². The van der Waals surface area contributed by atoms with Crippen LogP contribution in [0.15, 0.2) is 67.3 Å². The summed E-state index contributed by atoms with van der Waals surface area (Å²) < 4.78 is 2.95. The molecule has 2 aromatic carbocycles. The van der Waals surface area contributed by atoms with Crippen LogP contribution >= 0.6 is 22.6 Å². The van der Waals surface area contributed by atoms with E-state index in [1.165, 1.54) is 0 Å². The predicted molar refractivity (Wildman–Crippen MR) is 90.7 cm³/mol. The zero-order valence-electron chi connectivity index (χ0n) is 11.0. The minimum atomic E-state index is -0.108. The summed E-state index contributed by atoms with van der Waals surface area (Å²) >= 11 is 2.19. The Morgan fingerprint density at radius 1 is 1.14 bits per heavy atom. The highest BCUT2D eigenvalue weighted by atomic mass is 127. The molecule has 0 aliphatic carbocycles. The van der Waals surface area contributed by atoms with Gasteiger partial charge in [0, 0.05) is 32.9 Å². The van der Waals surface area contributed by atoms with Crippen molar-refractivity contribution in [1.29, 1.82) is 0 Å². The van der Waals surface area contributed by atoms with Crippen molar-refractivity contribution in [2.24, 2.45) is 0 Å². The number of halogens is 1. The summed E-state index contributed by atoms with van der Waals surface area (Å²) in [5.41, 5.74) is 2.42. The molecule has 0 fully saturated rings. The van der Waals surface area contributed by atoms with Gasteiger partial charge in [-0.25, -0.2) is 4.98 Å². The van der Waals surface area contributed by atoms with E-state index in [-0.39, 0.29) is 5.91 Å². The fourth-order valence-electron chi connectivity index (χ4n) is 1.96. The molecule has 0 spiro atoms. The summed E-state index contributed by atoms with van der Waals surface area (Å²) in [4.78, 5) is 16.2. The third kappa shape index (κ3) is 3.30. The number of benzene rings is 2. The van der Waals surface area contributed by atoms with E-state index in [1.807, 2.05) is 53.2 Å². The van der Waals surface area contributed by atoms with Gasteiger partial charge >= 0.3 is 0 Å². The van der Waals surface area contributed by atoms with Crippen molar-refractivity contribution in [3.05, 3.63) is 76.4 Å². The van der Waals surface area contributed by atoms with Crippen LogP contribution in [-0.4, -0.2) is 15.5 Å². The molecule has 1 N–H and O–H groups in total. The van der Waals surface area contributed by atoms with Crippen LogP contribution in [0.1, 0.15) is 10.4 Å². The van der Waals surface area contributed by atoms with Gasteiger partial charge in [-0.05, 0) is 65.1 Å². The molecule has 0 aliphatic heterocycles. The van der Waals surface area contributed by atoms with Gasteiger partial charge in [-0.1, -0.05) is 6.07 Å². The lowest BCUT2D eigenvalue weighted by molar-refractivity contribution is 0.102. The fraction of sp³-hybridized carbons (Fsp3) is 0. The Bertz CT molecular complexity index is 751. The molecule has 0 atom stereocenters. The Hall–Kier alpha value is -2.15. The van der Waals surface area contributed by atoms with Gasteiger partial charge in [0.25, 0.3) is 5.91 Å². The van der Waals surface area contributed by atoms with Crippen molar-refractivity contribution in [2.75, 3.05) is 5.32 Å². The number of nitrogens with one attached hydrogen (secondary N) is 1. The molecule has 0 saturated heterocycles. The summed E-state index contributed by atoms with van der Waals surface area (Å²) in [5.74, 6) is -0.108. The second-order valence-electron chi connectivity index (χ2n) is 4.48. The molecule has 1 aromatic heterocycles. The van der Waals surface area contributed by atoms with Crippen molar-refractivity contribution >= 4 is 34.2 Å². The molecule has 3 aromatic rings. The Morgan fingerprint density at radius 3 is 2.62 bits per heavy atom. The van der Waals surface area contributed by atoms with Crippen molar-refractivity contribution in [3.63, 3.8) is 0 Å². The zero-order valence-corrected chi connectivity index (χ0v) is 13.2. The maximum Gasteiger partial charge on any atom is 0.255 e. The van der Waals surface area contributed by atoms with Crippen LogP contribution < -0.4 is 5.32 Å². The van der Waals surface area contributed by atoms with Gasteiger partial charge < -0.3 is 9.88 Å². The molecule has 3 rings (SSSR count). The minimum absolute atomic E-state index is 0.108. The quantitative estimate of drug-likeness (QED) is 0.694. The number of hydrogen-bond donors (Lipinski definition) is 1. The number of carbonyl (C=O) groups excluding carboxylic acids is 1. The van der Waals surface area contributed by atoms with Gasteiger partial charge in [-0.3, -0.25) is 4.79 Å². The van der Waals surface area contributed by atoms with Crippen molar-refractivity contribution in [1.82, 2.24) is 9.55 Å². The predicted octanol–water partition coefficient (Wildman–Crippen LogP) is 3.73. The summed E-state index contributed by atoms with van der Waals surface area (Å²) in [7, 11) is 0. The Balaban J connectivity index is 1.75. The molecule has 0 saturated carbocycles. The first-order valence-corrected chi connectivity index (χ1v) is 7.45. The van der Waals surface area contributed by atoms with E-state index in [2.05, 4.69) is 32.9 Å². The number of nitrogens with zero attached hydrogens (tertiary/aromatic N) is 2. The van der Waals surface area contributed by atoms with Gasteiger partial charge in [0.2, 0.25) is 0 Å². The lowest BCUT2D eigenvalue weighted by Gasteiger charge is -2.07. The number of hydrogen-bond acceptors (Lipinski definition) is 2. The third-order valence-electron chi connectivity index (χ3n) is 3.01. The van der Waals surface area contributed by atoms with Crippen LogP contribution in [-0.2, 0) is 0 Å². The Kier molecular flexibility index (Phi) is 4.01. The number of aromatic nitrogens is 2. The minimum Gasteiger partial charge on any atom is -0.322 e. The van der Waals surface area contributed by atoms with Crippen LogP contribution in [0.25, 0.3) is 5.69 Å². The van der Waals surface area contributed by atoms with Gasteiger partial charge in [0.1, 0.15) is 0 Å². The van der Waals surface area contributed by atoms with E-state index in [4.69, 9.17) is 0 Å². The lowest BCUT2D eigenvalue weighted by Crippen LogP contribution is -2.11. The first-order chi connectivity index (χ1) is 10.2. The third-order valence-corrected chi connectivity index (χ3v) is 3.69. The molecule has 0 unspecified atom stereocenters. The molecule has 0 bridgehead atoms. The molecule has 4 nitrogen and oxygen atoms in total. The second kappa shape index (κ2) is 6.09. The highest BCUT2D eigenvalue weighted by Crippen LogP contribution is 2.15.